The Morgan fingerprint density at radius 2 is 2.05 bits per heavy atom. The van der Waals surface area contributed by atoms with Gasteiger partial charge in [-0.25, -0.2) is 0 Å². The highest BCUT2D eigenvalue weighted by molar-refractivity contribution is 5.48. The minimum absolute atomic E-state index is 0.0831. The summed E-state index contributed by atoms with van der Waals surface area (Å²) in [6.45, 7) is 1.17. The van der Waals surface area contributed by atoms with Crippen molar-refractivity contribution in [2.24, 2.45) is 0 Å². The van der Waals surface area contributed by atoms with Crippen molar-refractivity contribution in [3.8, 4) is 5.75 Å². The Balaban J connectivity index is 2.13. The summed E-state index contributed by atoms with van der Waals surface area (Å²) < 4.78 is 4.93. The SMILES string of the molecule is COc1ccc(CN2C[C@@H](O)[C@@H](O)C2)cc1[N+](=O)[O-]. The zero-order valence-electron chi connectivity index (χ0n) is 10.5. The summed E-state index contributed by atoms with van der Waals surface area (Å²) in [4.78, 5) is 12.3. The minimum Gasteiger partial charge on any atom is -0.490 e. The van der Waals surface area contributed by atoms with Crippen LogP contribution in [0.5, 0.6) is 5.75 Å². The fraction of sp³-hybridized carbons (Fsp3) is 0.500. The van der Waals surface area contributed by atoms with E-state index < -0.39 is 17.1 Å². The molecule has 0 spiro atoms. The molecule has 104 valence electrons. The van der Waals surface area contributed by atoms with Crippen LogP contribution in [-0.2, 0) is 6.54 Å². The van der Waals surface area contributed by atoms with Gasteiger partial charge in [-0.1, -0.05) is 6.07 Å². The van der Waals surface area contributed by atoms with E-state index in [0.29, 0.717) is 19.6 Å². The summed E-state index contributed by atoms with van der Waals surface area (Å²) in [6.07, 6.45) is -1.51. The van der Waals surface area contributed by atoms with E-state index in [1.165, 1.54) is 13.2 Å². The Labute approximate surface area is 110 Å². The normalized spacial score (nSPS) is 23.5. The van der Waals surface area contributed by atoms with Gasteiger partial charge in [0.15, 0.2) is 5.75 Å². The largest absolute Gasteiger partial charge is 0.490 e. The fourth-order valence-electron chi connectivity index (χ4n) is 2.21. The Kier molecular flexibility index (Phi) is 3.98. The molecule has 7 heteroatoms. The zero-order valence-corrected chi connectivity index (χ0v) is 10.5. The fourth-order valence-corrected chi connectivity index (χ4v) is 2.21. The van der Waals surface area contributed by atoms with Gasteiger partial charge in [-0.05, 0) is 11.6 Å². The Hall–Kier alpha value is -1.70. The molecule has 0 unspecified atom stereocenters. The third-order valence-corrected chi connectivity index (χ3v) is 3.18. The number of hydrogen-bond acceptors (Lipinski definition) is 6. The maximum absolute atomic E-state index is 10.9. The minimum atomic E-state index is -0.756. The third-order valence-electron chi connectivity index (χ3n) is 3.18. The summed E-state index contributed by atoms with van der Waals surface area (Å²) in [5.74, 6) is 0.218. The van der Waals surface area contributed by atoms with Crippen molar-refractivity contribution in [2.75, 3.05) is 20.2 Å². The number of benzene rings is 1. The van der Waals surface area contributed by atoms with Gasteiger partial charge in [-0.3, -0.25) is 15.0 Å². The van der Waals surface area contributed by atoms with E-state index in [4.69, 9.17) is 4.74 Å². The molecule has 1 fully saturated rings. The van der Waals surface area contributed by atoms with Crippen LogP contribution in [0.4, 0.5) is 5.69 Å². The van der Waals surface area contributed by atoms with Crippen molar-refractivity contribution in [1.82, 2.24) is 4.90 Å². The highest BCUT2D eigenvalue weighted by Gasteiger charge is 2.29. The second-order valence-corrected chi connectivity index (χ2v) is 4.59. The van der Waals surface area contributed by atoms with Gasteiger partial charge in [0.2, 0.25) is 0 Å². The summed E-state index contributed by atoms with van der Waals surface area (Å²) in [7, 11) is 1.38. The Morgan fingerprint density at radius 3 is 2.58 bits per heavy atom. The number of aliphatic hydroxyl groups is 2. The first kappa shape index (κ1) is 13.7. The molecule has 0 saturated carbocycles. The maximum Gasteiger partial charge on any atom is 0.311 e. The van der Waals surface area contributed by atoms with E-state index in [1.54, 1.807) is 12.1 Å². The van der Waals surface area contributed by atoms with Gasteiger partial charge in [-0.15, -0.1) is 0 Å². The van der Waals surface area contributed by atoms with E-state index in [2.05, 4.69) is 0 Å². The highest BCUT2D eigenvalue weighted by atomic mass is 16.6. The standard InChI is InChI=1S/C12H16N2O5/c1-19-12-3-2-8(4-9(12)14(17)18)5-13-6-10(15)11(16)7-13/h2-4,10-11,15-16H,5-7H2,1H3/t10-,11+. The molecule has 1 aliphatic heterocycles. The van der Waals surface area contributed by atoms with Gasteiger partial charge in [0, 0.05) is 25.7 Å². The van der Waals surface area contributed by atoms with Crippen LogP contribution in [0.2, 0.25) is 0 Å². The van der Waals surface area contributed by atoms with Crippen LogP contribution in [0, 0.1) is 10.1 Å². The zero-order chi connectivity index (χ0) is 14.0. The van der Waals surface area contributed by atoms with Gasteiger partial charge in [0.05, 0.1) is 24.2 Å². The van der Waals surface area contributed by atoms with Crippen LogP contribution in [0.1, 0.15) is 5.56 Å². The molecule has 1 heterocycles. The number of ether oxygens (including phenoxy) is 1. The van der Waals surface area contributed by atoms with Gasteiger partial charge in [-0.2, -0.15) is 0 Å². The van der Waals surface area contributed by atoms with Crippen molar-refractivity contribution >= 4 is 5.69 Å². The number of nitrogens with zero attached hydrogens (tertiary/aromatic N) is 2. The van der Waals surface area contributed by atoms with Crippen LogP contribution < -0.4 is 4.74 Å². The van der Waals surface area contributed by atoms with Gasteiger partial charge in [0.25, 0.3) is 0 Å². The van der Waals surface area contributed by atoms with Crippen molar-refractivity contribution in [3.63, 3.8) is 0 Å². The lowest BCUT2D eigenvalue weighted by molar-refractivity contribution is -0.385. The molecule has 0 aliphatic carbocycles. The van der Waals surface area contributed by atoms with E-state index in [9.17, 15) is 20.3 Å². The Bertz CT molecular complexity index is 469. The molecule has 0 amide bonds. The van der Waals surface area contributed by atoms with E-state index in [0.717, 1.165) is 5.56 Å². The average molecular weight is 268 g/mol. The van der Waals surface area contributed by atoms with Crippen LogP contribution in [0.3, 0.4) is 0 Å². The molecule has 1 aromatic rings. The molecule has 1 aromatic carbocycles. The van der Waals surface area contributed by atoms with E-state index >= 15 is 0 Å². The monoisotopic (exact) mass is 268 g/mol. The van der Waals surface area contributed by atoms with Gasteiger partial charge < -0.3 is 14.9 Å². The second-order valence-electron chi connectivity index (χ2n) is 4.59. The molecule has 0 bridgehead atoms. The van der Waals surface area contributed by atoms with Gasteiger partial charge >= 0.3 is 5.69 Å². The number of nitro benzene ring substituents is 1. The molecule has 1 saturated heterocycles. The van der Waals surface area contributed by atoms with E-state index in [-0.39, 0.29) is 11.4 Å². The number of β-amino-alcohol motifs (C(OH)–C–C–N with tert-alkyl or cyclic N) is 2. The summed E-state index contributed by atoms with van der Waals surface area (Å²) in [5, 5.41) is 29.8. The molecular weight excluding hydrogens is 252 g/mol. The topological polar surface area (TPSA) is 96.1 Å². The first-order valence-electron chi connectivity index (χ1n) is 5.91. The third kappa shape index (κ3) is 3.01. The van der Waals surface area contributed by atoms with Crippen LogP contribution in [0.15, 0.2) is 18.2 Å². The quantitative estimate of drug-likeness (QED) is 0.595. The number of likely N-dealkylation sites (tertiary alicyclic amines) is 1. The first-order chi connectivity index (χ1) is 9.01. The predicted molar refractivity (Wildman–Crippen MR) is 66.9 cm³/mol. The average Bonchev–Trinajstić information content (AvgIpc) is 2.68. The van der Waals surface area contributed by atoms with Crippen molar-refractivity contribution < 1.29 is 19.9 Å². The molecule has 2 N–H and O–H groups in total. The molecule has 7 nitrogen and oxygen atoms in total. The molecule has 2 atom stereocenters. The molecule has 0 aromatic heterocycles. The van der Waals surface area contributed by atoms with Crippen LogP contribution >= 0.6 is 0 Å². The molecule has 19 heavy (non-hydrogen) atoms. The molecule has 2 rings (SSSR count). The number of rotatable bonds is 4. The molecular formula is C12H16N2O5. The molecule has 0 radical (unpaired) electrons. The lowest BCUT2D eigenvalue weighted by Crippen LogP contribution is -2.22. The van der Waals surface area contributed by atoms with Crippen LogP contribution in [0.25, 0.3) is 0 Å². The molecule has 1 aliphatic rings. The number of methoxy groups -OCH3 is 1. The number of hydrogen-bond donors (Lipinski definition) is 2. The lowest BCUT2D eigenvalue weighted by Gasteiger charge is -2.14. The highest BCUT2D eigenvalue weighted by Crippen LogP contribution is 2.28. The number of nitro groups is 1. The smallest absolute Gasteiger partial charge is 0.311 e. The van der Waals surface area contributed by atoms with E-state index in [1.807, 2.05) is 4.90 Å². The predicted octanol–water partition coefficient (Wildman–Crippen LogP) is 0.141. The summed E-state index contributed by atoms with van der Waals surface area (Å²) in [6, 6.07) is 4.75. The Morgan fingerprint density at radius 1 is 1.42 bits per heavy atom. The summed E-state index contributed by atoms with van der Waals surface area (Å²) in [5.41, 5.74) is 0.661. The van der Waals surface area contributed by atoms with Crippen molar-refractivity contribution in [1.29, 1.82) is 0 Å². The van der Waals surface area contributed by atoms with Gasteiger partial charge in [0.1, 0.15) is 0 Å². The van der Waals surface area contributed by atoms with Crippen LogP contribution in [-0.4, -0.2) is 52.4 Å². The summed E-state index contributed by atoms with van der Waals surface area (Å²) >= 11 is 0. The van der Waals surface area contributed by atoms with Crippen molar-refractivity contribution in [3.05, 3.63) is 33.9 Å². The lowest BCUT2D eigenvalue weighted by atomic mass is 10.2. The first-order valence-corrected chi connectivity index (χ1v) is 5.91. The number of aliphatic hydroxyl groups excluding tert-OH is 2. The van der Waals surface area contributed by atoms with Crippen molar-refractivity contribution in [2.45, 2.75) is 18.8 Å². The second kappa shape index (κ2) is 5.52. The maximum atomic E-state index is 10.9.